The molecular weight excluding hydrogens is 368 g/mol. The number of rotatable bonds is 8. The Bertz CT molecular complexity index is 882. The van der Waals surface area contributed by atoms with Crippen molar-refractivity contribution >= 4 is 17.6 Å². The second-order valence-electron chi connectivity index (χ2n) is 5.78. The van der Waals surface area contributed by atoms with Crippen LogP contribution >= 0.6 is 0 Å². The predicted molar refractivity (Wildman–Crippen MR) is 99.5 cm³/mol. The van der Waals surface area contributed by atoms with Gasteiger partial charge in [0.2, 0.25) is 0 Å². The van der Waals surface area contributed by atoms with Crippen LogP contribution in [0.3, 0.4) is 0 Å². The van der Waals surface area contributed by atoms with Gasteiger partial charge in [-0.15, -0.1) is 0 Å². The molecule has 2 aromatic rings. The number of methoxy groups -OCH3 is 2. The predicted octanol–water partition coefficient (Wildman–Crippen LogP) is 2.65. The van der Waals surface area contributed by atoms with Crippen molar-refractivity contribution in [2.45, 2.75) is 13.0 Å². The molecule has 1 amide bonds. The van der Waals surface area contributed by atoms with Crippen LogP contribution in [0.15, 0.2) is 42.5 Å². The van der Waals surface area contributed by atoms with E-state index in [1.165, 1.54) is 32.4 Å². The maximum absolute atomic E-state index is 12.1. The summed E-state index contributed by atoms with van der Waals surface area (Å²) < 4.78 is 15.4. The molecule has 0 aliphatic heterocycles. The number of carbonyl (C=O) groups excluding carboxylic acids is 2. The Morgan fingerprint density at radius 2 is 1.89 bits per heavy atom. The Morgan fingerprint density at radius 1 is 1.14 bits per heavy atom. The first-order chi connectivity index (χ1) is 13.3. The van der Waals surface area contributed by atoms with E-state index in [4.69, 9.17) is 14.2 Å². The highest BCUT2D eigenvalue weighted by Gasteiger charge is 2.18. The summed E-state index contributed by atoms with van der Waals surface area (Å²) in [6.07, 6.45) is 0. The van der Waals surface area contributed by atoms with Crippen molar-refractivity contribution in [1.82, 2.24) is 5.32 Å². The Hall–Kier alpha value is -3.62. The molecule has 148 valence electrons. The van der Waals surface area contributed by atoms with Gasteiger partial charge in [0.25, 0.3) is 11.6 Å². The number of nitro groups is 1. The summed E-state index contributed by atoms with van der Waals surface area (Å²) in [6.45, 7) is 1.22. The van der Waals surface area contributed by atoms with Crippen LogP contribution in [0.5, 0.6) is 11.5 Å². The molecule has 0 spiro atoms. The molecule has 1 atom stereocenters. The number of nitro benzene ring substituents is 1. The van der Waals surface area contributed by atoms with E-state index in [1.54, 1.807) is 25.1 Å². The summed E-state index contributed by atoms with van der Waals surface area (Å²) in [5.74, 6) is -0.183. The Balaban J connectivity index is 1.98. The van der Waals surface area contributed by atoms with Crippen molar-refractivity contribution in [3.8, 4) is 11.5 Å². The summed E-state index contributed by atoms with van der Waals surface area (Å²) >= 11 is 0. The minimum absolute atomic E-state index is 0.00971. The van der Waals surface area contributed by atoms with Crippen molar-refractivity contribution in [2.24, 2.45) is 0 Å². The molecule has 0 bridgehead atoms. The molecule has 0 heterocycles. The number of hydrogen-bond acceptors (Lipinski definition) is 7. The van der Waals surface area contributed by atoms with Gasteiger partial charge < -0.3 is 19.5 Å². The number of esters is 1. The van der Waals surface area contributed by atoms with Gasteiger partial charge in [-0.25, -0.2) is 4.79 Å². The number of nitrogens with zero attached hydrogens (tertiary/aromatic N) is 1. The second kappa shape index (κ2) is 9.36. The monoisotopic (exact) mass is 388 g/mol. The number of carbonyl (C=O) groups is 2. The molecule has 1 N–H and O–H groups in total. The third kappa shape index (κ3) is 5.19. The van der Waals surface area contributed by atoms with E-state index in [1.807, 2.05) is 0 Å². The van der Waals surface area contributed by atoms with Crippen LogP contribution in [0.1, 0.15) is 28.9 Å². The molecule has 1 unspecified atom stereocenters. The van der Waals surface area contributed by atoms with Gasteiger partial charge in [0.1, 0.15) is 11.5 Å². The van der Waals surface area contributed by atoms with Crippen molar-refractivity contribution < 1.29 is 28.7 Å². The average Bonchev–Trinajstić information content (AvgIpc) is 2.71. The smallest absolute Gasteiger partial charge is 0.338 e. The lowest BCUT2D eigenvalue weighted by atomic mass is 10.1. The quantitative estimate of drug-likeness (QED) is 0.420. The maximum atomic E-state index is 12.1. The third-order valence-corrected chi connectivity index (χ3v) is 3.91. The number of benzene rings is 2. The van der Waals surface area contributed by atoms with E-state index in [-0.39, 0.29) is 11.3 Å². The highest BCUT2D eigenvalue weighted by Crippen LogP contribution is 2.29. The SMILES string of the molecule is COc1ccc(OC)c(C(C)NC(=O)COC(=O)c2cccc([N+](=O)[O-])c2)c1. The normalized spacial score (nSPS) is 11.2. The Labute approximate surface area is 161 Å². The molecule has 9 heteroatoms. The molecule has 0 radical (unpaired) electrons. The molecule has 0 saturated heterocycles. The van der Waals surface area contributed by atoms with Crippen molar-refractivity contribution in [3.63, 3.8) is 0 Å². The number of amides is 1. The minimum atomic E-state index is -0.828. The van der Waals surface area contributed by atoms with Gasteiger partial charge in [0.05, 0.1) is 30.7 Å². The first-order valence-corrected chi connectivity index (χ1v) is 8.28. The van der Waals surface area contributed by atoms with E-state index >= 15 is 0 Å². The lowest BCUT2D eigenvalue weighted by Gasteiger charge is -2.18. The zero-order valence-electron chi connectivity index (χ0n) is 15.6. The second-order valence-corrected chi connectivity index (χ2v) is 5.78. The fourth-order valence-corrected chi connectivity index (χ4v) is 2.50. The minimum Gasteiger partial charge on any atom is -0.497 e. The Morgan fingerprint density at radius 3 is 2.54 bits per heavy atom. The van der Waals surface area contributed by atoms with Crippen molar-refractivity contribution in [1.29, 1.82) is 0 Å². The van der Waals surface area contributed by atoms with E-state index in [9.17, 15) is 19.7 Å². The highest BCUT2D eigenvalue weighted by molar-refractivity contribution is 5.92. The third-order valence-electron chi connectivity index (χ3n) is 3.91. The molecule has 9 nitrogen and oxygen atoms in total. The van der Waals surface area contributed by atoms with Crippen LogP contribution in [0.25, 0.3) is 0 Å². The lowest BCUT2D eigenvalue weighted by Crippen LogP contribution is -2.31. The first kappa shape index (κ1) is 20.7. The van der Waals surface area contributed by atoms with Crippen LogP contribution in [-0.2, 0) is 9.53 Å². The van der Waals surface area contributed by atoms with Gasteiger partial charge in [0, 0.05) is 17.7 Å². The number of non-ortho nitro benzene ring substituents is 1. The topological polar surface area (TPSA) is 117 Å². The average molecular weight is 388 g/mol. The molecular formula is C19H20N2O7. The largest absolute Gasteiger partial charge is 0.497 e. The summed E-state index contributed by atoms with van der Waals surface area (Å²) in [6, 6.07) is 9.84. The van der Waals surface area contributed by atoms with E-state index in [0.717, 1.165) is 6.07 Å². The van der Waals surface area contributed by atoms with Gasteiger partial charge in [-0.05, 0) is 31.2 Å². The van der Waals surface area contributed by atoms with Gasteiger partial charge in [0.15, 0.2) is 6.61 Å². The molecule has 2 rings (SSSR count). The zero-order chi connectivity index (χ0) is 20.7. The van der Waals surface area contributed by atoms with Crippen LogP contribution in [0, 0.1) is 10.1 Å². The van der Waals surface area contributed by atoms with E-state index in [0.29, 0.717) is 17.1 Å². The molecule has 0 aromatic heterocycles. The van der Waals surface area contributed by atoms with Crippen molar-refractivity contribution in [2.75, 3.05) is 20.8 Å². The highest BCUT2D eigenvalue weighted by atomic mass is 16.6. The summed E-state index contributed by atoms with van der Waals surface area (Å²) in [5, 5.41) is 13.5. The molecule has 0 aliphatic carbocycles. The zero-order valence-corrected chi connectivity index (χ0v) is 15.6. The van der Waals surface area contributed by atoms with E-state index < -0.39 is 29.4 Å². The molecule has 0 fully saturated rings. The fraction of sp³-hybridized carbons (Fsp3) is 0.263. The summed E-state index contributed by atoms with van der Waals surface area (Å²) in [5.41, 5.74) is 0.447. The summed E-state index contributed by atoms with van der Waals surface area (Å²) in [4.78, 5) is 34.3. The number of nitrogens with one attached hydrogen (secondary N) is 1. The first-order valence-electron chi connectivity index (χ1n) is 8.28. The lowest BCUT2D eigenvalue weighted by molar-refractivity contribution is -0.384. The van der Waals surface area contributed by atoms with Crippen LogP contribution in [0.4, 0.5) is 5.69 Å². The van der Waals surface area contributed by atoms with Gasteiger partial charge >= 0.3 is 5.97 Å². The van der Waals surface area contributed by atoms with Gasteiger partial charge in [-0.3, -0.25) is 14.9 Å². The standard InChI is InChI=1S/C19H20N2O7/c1-12(16-10-15(26-2)7-8-17(16)27-3)20-18(22)11-28-19(23)13-5-4-6-14(9-13)21(24)25/h4-10,12H,11H2,1-3H3,(H,20,22). The van der Waals surface area contributed by atoms with Crippen LogP contribution in [0.2, 0.25) is 0 Å². The van der Waals surface area contributed by atoms with Gasteiger partial charge in [-0.2, -0.15) is 0 Å². The maximum Gasteiger partial charge on any atom is 0.338 e. The molecule has 0 saturated carbocycles. The van der Waals surface area contributed by atoms with Gasteiger partial charge in [-0.1, -0.05) is 6.07 Å². The Kier molecular flexibility index (Phi) is 6.91. The molecule has 2 aromatic carbocycles. The summed E-state index contributed by atoms with van der Waals surface area (Å²) in [7, 11) is 3.04. The number of hydrogen-bond donors (Lipinski definition) is 1. The fourth-order valence-electron chi connectivity index (χ4n) is 2.50. The van der Waals surface area contributed by atoms with Crippen LogP contribution < -0.4 is 14.8 Å². The number of ether oxygens (including phenoxy) is 3. The van der Waals surface area contributed by atoms with Crippen LogP contribution in [-0.4, -0.2) is 37.6 Å². The molecule has 0 aliphatic rings. The van der Waals surface area contributed by atoms with E-state index in [2.05, 4.69) is 5.32 Å². The molecule has 28 heavy (non-hydrogen) atoms. The van der Waals surface area contributed by atoms with Crippen molar-refractivity contribution in [3.05, 3.63) is 63.7 Å².